The van der Waals surface area contributed by atoms with Gasteiger partial charge in [0.15, 0.2) is 11.5 Å². The smallest absolute Gasteiger partial charge is 0.338 e. The molecule has 0 spiro atoms. The van der Waals surface area contributed by atoms with Crippen LogP contribution in [-0.4, -0.2) is 39.9 Å². The zero-order valence-electron chi connectivity index (χ0n) is 17.7. The average Bonchev–Trinajstić information content (AvgIpc) is 3.26. The summed E-state index contributed by atoms with van der Waals surface area (Å²) in [6.45, 7) is 0.00532. The van der Waals surface area contributed by atoms with Crippen molar-refractivity contribution in [3.8, 4) is 11.5 Å². The molecule has 0 aliphatic carbocycles. The number of hydrogen-bond donors (Lipinski definition) is 0. The van der Waals surface area contributed by atoms with Gasteiger partial charge >= 0.3 is 5.97 Å². The van der Waals surface area contributed by atoms with E-state index in [-0.39, 0.29) is 29.6 Å². The molecule has 0 aliphatic rings. The van der Waals surface area contributed by atoms with E-state index in [9.17, 15) is 13.2 Å². The lowest BCUT2D eigenvalue weighted by Crippen LogP contribution is -2.21. The van der Waals surface area contributed by atoms with Crippen molar-refractivity contribution in [2.24, 2.45) is 0 Å². The quantitative estimate of drug-likeness (QED) is 0.426. The summed E-state index contributed by atoms with van der Waals surface area (Å²) in [5.41, 5.74) is 1.05. The van der Waals surface area contributed by atoms with Crippen molar-refractivity contribution in [2.45, 2.75) is 18.3 Å². The number of nitrogens with zero attached hydrogens (tertiary/aromatic N) is 1. The van der Waals surface area contributed by atoms with Crippen LogP contribution in [0.25, 0.3) is 0 Å². The first kappa shape index (κ1) is 23.6. The number of furan rings is 1. The number of hydrogen-bond acceptors (Lipinski definition) is 7. The normalized spacial score (nSPS) is 11.4. The number of rotatable bonds is 9. The van der Waals surface area contributed by atoms with Gasteiger partial charge in [-0.2, -0.15) is 0 Å². The van der Waals surface area contributed by atoms with Gasteiger partial charge in [-0.15, -0.1) is 0 Å². The number of ether oxygens (including phenoxy) is 3. The van der Waals surface area contributed by atoms with E-state index < -0.39 is 16.0 Å². The molecule has 0 radical (unpaired) electrons. The number of sulfonamides is 1. The molecule has 2 aromatic carbocycles. The van der Waals surface area contributed by atoms with E-state index in [1.807, 2.05) is 18.2 Å². The predicted octanol–water partition coefficient (Wildman–Crippen LogP) is 4.13. The van der Waals surface area contributed by atoms with E-state index in [0.717, 1.165) is 9.87 Å². The van der Waals surface area contributed by atoms with Crippen molar-refractivity contribution >= 4 is 27.6 Å². The molecular formula is C22H22ClNO7S. The third kappa shape index (κ3) is 5.42. The van der Waals surface area contributed by atoms with Gasteiger partial charge in [0.25, 0.3) is 10.0 Å². The Hall–Kier alpha value is -3.01. The lowest BCUT2D eigenvalue weighted by Gasteiger charge is -2.12. The van der Waals surface area contributed by atoms with Gasteiger partial charge in [0.05, 0.1) is 12.7 Å². The molecule has 10 heteroatoms. The number of halogens is 1. The van der Waals surface area contributed by atoms with Gasteiger partial charge in [0.1, 0.15) is 19.0 Å². The molecule has 0 N–H and O–H groups in total. The van der Waals surface area contributed by atoms with Crippen LogP contribution in [0, 0.1) is 0 Å². The van der Waals surface area contributed by atoms with Crippen LogP contribution in [0.5, 0.6) is 11.5 Å². The summed E-state index contributed by atoms with van der Waals surface area (Å²) in [6, 6.07) is 14.7. The standard InChI is InChI=1S/C22H22ClNO7S/c1-24(2)32(26,27)21-11-9-17(31-21)14-30-22(25)15-8-10-19(20(12-15)28-3)29-13-16-6-4-5-7-18(16)23/h4-12H,13-14H2,1-3H3. The summed E-state index contributed by atoms with van der Waals surface area (Å²) in [5.74, 6) is 0.359. The van der Waals surface area contributed by atoms with Gasteiger partial charge < -0.3 is 18.6 Å². The molecule has 0 fully saturated rings. The van der Waals surface area contributed by atoms with Crippen molar-refractivity contribution < 1.29 is 31.8 Å². The minimum Gasteiger partial charge on any atom is -0.493 e. The predicted molar refractivity (Wildman–Crippen MR) is 117 cm³/mol. The maximum Gasteiger partial charge on any atom is 0.338 e. The van der Waals surface area contributed by atoms with E-state index in [4.69, 9.17) is 30.2 Å². The molecule has 0 bridgehead atoms. The number of esters is 1. The molecule has 0 saturated carbocycles. The Morgan fingerprint density at radius 3 is 2.47 bits per heavy atom. The second kappa shape index (κ2) is 10.1. The van der Waals surface area contributed by atoms with Crippen molar-refractivity contribution in [2.75, 3.05) is 21.2 Å². The fourth-order valence-electron chi connectivity index (χ4n) is 2.66. The summed E-state index contributed by atoms with van der Waals surface area (Å²) in [7, 11) is 0.550. The first-order chi connectivity index (χ1) is 15.2. The Labute approximate surface area is 191 Å². The van der Waals surface area contributed by atoms with E-state index in [0.29, 0.717) is 16.5 Å². The highest BCUT2D eigenvalue weighted by molar-refractivity contribution is 7.88. The van der Waals surface area contributed by atoms with Gasteiger partial charge in [0, 0.05) is 24.7 Å². The van der Waals surface area contributed by atoms with Crippen LogP contribution in [0.15, 0.2) is 64.1 Å². The molecule has 3 rings (SSSR count). The monoisotopic (exact) mass is 479 g/mol. The SMILES string of the molecule is COc1cc(C(=O)OCc2ccc(S(=O)(=O)N(C)C)o2)ccc1OCc1ccccc1Cl. The van der Waals surface area contributed by atoms with E-state index in [2.05, 4.69) is 0 Å². The van der Waals surface area contributed by atoms with Crippen molar-refractivity contribution in [3.63, 3.8) is 0 Å². The average molecular weight is 480 g/mol. The fraction of sp³-hybridized carbons (Fsp3) is 0.227. The van der Waals surface area contributed by atoms with Crippen LogP contribution >= 0.6 is 11.6 Å². The molecular weight excluding hydrogens is 458 g/mol. The number of carbonyl (C=O) groups excluding carboxylic acids is 1. The van der Waals surface area contributed by atoms with E-state index in [1.54, 1.807) is 12.1 Å². The summed E-state index contributed by atoms with van der Waals surface area (Å²) < 4.78 is 46.8. The largest absolute Gasteiger partial charge is 0.493 e. The first-order valence-electron chi connectivity index (χ1n) is 9.45. The van der Waals surface area contributed by atoms with Crippen LogP contribution < -0.4 is 9.47 Å². The molecule has 0 unspecified atom stereocenters. The third-order valence-electron chi connectivity index (χ3n) is 4.46. The minimum atomic E-state index is -3.70. The zero-order valence-corrected chi connectivity index (χ0v) is 19.3. The molecule has 1 aromatic heterocycles. The Morgan fingerprint density at radius 1 is 1.03 bits per heavy atom. The van der Waals surface area contributed by atoms with Gasteiger partial charge in [-0.05, 0) is 36.4 Å². The van der Waals surface area contributed by atoms with E-state index >= 15 is 0 Å². The lowest BCUT2D eigenvalue weighted by molar-refractivity contribution is 0.0440. The van der Waals surface area contributed by atoms with Gasteiger partial charge in [0.2, 0.25) is 5.09 Å². The second-order valence-corrected chi connectivity index (χ2v) is 9.32. The maximum atomic E-state index is 12.4. The highest BCUT2D eigenvalue weighted by Crippen LogP contribution is 2.30. The van der Waals surface area contributed by atoms with Crippen LogP contribution in [-0.2, 0) is 28.0 Å². The van der Waals surface area contributed by atoms with Crippen molar-refractivity contribution in [3.05, 3.63) is 76.5 Å². The Morgan fingerprint density at radius 2 is 1.78 bits per heavy atom. The van der Waals surface area contributed by atoms with Gasteiger partial charge in [-0.3, -0.25) is 0 Å². The van der Waals surface area contributed by atoms with Crippen LogP contribution in [0.2, 0.25) is 5.02 Å². The maximum absolute atomic E-state index is 12.4. The highest BCUT2D eigenvalue weighted by atomic mass is 35.5. The summed E-state index contributed by atoms with van der Waals surface area (Å²) in [6.07, 6.45) is 0. The number of benzene rings is 2. The molecule has 8 nitrogen and oxygen atoms in total. The molecule has 1 heterocycles. The summed E-state index contributed by atoms with van der Waals surface area (Å²) in [4.78, 5) is 12.4. The summed E-state index contributed by atoms with van der Waals surface area (Å²) >= 11 is 6.14. The molecule has 32 heavy (non-hydrogen) atoms. The number of methoxy groups -OCH3 is 1. The van der Waals surface area contributed by atoms with Crippen LogP contribution in [0.3, 0.4) is 0 Å². The molecule has 0 saturated heterocycles. The van der Waals surface area contributed by atoms with Crippen LogP contribution in [0.4, 0.5) is 0 Å². The van der Waals surface area contributed by atoms with Crippen molar-refractivity contribution in [1.29, 1.82) is 0 Å². The highest BCUT2D eigenvalue weighted by Gasteiger charge is 2.22. The fourth-order valence-corrected chi connectivity index (χ4v) is 3.66. The Bertz CT molecular complexity index is 1200. The Kier molecular flexibility index (Phi) is 7.44. The Balaban J connectivity index is 1.65. The second-order valence-electron chi connectivity index (χ2n) is 6.83. The summed E-state index contributed by atoms with van der Waals surface area (Å²) in [5, 5.41) is 0.362. The molecule has 0 aliphatic heterocycles. The number of carbonyl (C=O) groups is 1. The van der Waals surface area contributed by atoms with E-state index in [1.165, 1.54) is 45.5 Å². The first-order valence-corrected chi connectivity index (χ1v) is 11.3. The minimum absolute atomic E-state index is 0.199. The third-order valence-corrected chi connectivity index (χ3v) is 6.52. The zero-order chi connectivity index (χ0) is 23.3. The topological polar surface area (TPSA) is 95.3 Å². The van der Waals surface area contributed by atoms with Gasteiger partial charge in [-0.1, -0.05) is 29.8 Å². The van der Waals surface area contributed by atoms with Gasteiger partial charge in [-0.25, -0.2) is 17.5 Å². The van der Waals surface area contributed by atoms with Crippen molar-refractivity contribution in [1.82, 2.24) is 4.31 Å². The molecule has 0 amide bonds. The molecule has 0 atom stereocenters. The molecule has 170 valence electrons. The lowest BCUT2D eigenvalue weighted by atomic mass is 10.2. The molecule has 3 aromatic rings. The van der Waals surface area contributed by atoms with Crippen LogP contribution in [0.1, 0.15) is 21.7 Å².